The van der Waals surface area contributed by atoms with Gasteiger partial charge in [0.25, 0.3) is 0 Å². The van der Waals surface area contributed by atoms with Gasteiger partial charge in [-0.05, 0) is 20.8 Å². The number of ether oxygens (including phenoxy) is 1. The van der Waals surface area contributed by atoms with Crippen molar-refractivity contribution in [1.29, 1.82) is 0 Å². The van der Waals surface area contributed by atoms with E-state index in [2.05, 4.69) is 9.46 Å². The minimum absolute atomic E-state index is 0.0661. The van der Waals surface area contributed by atoms with Gasteiger partial charge >= 0.3 is 5.97 Å². The van der Waals surface area contributed by atoms with E-state index in [1.165, 1.54) is 6.92 Å². The number of hydrogen-bond donors (Lipinski definition) is 2. The fraction of sp³-hybridized carbons (Fsp3) is 0.875. The van der Waals surface area contributed by atoms with Crippen LogP contribution in [0.1, 0.15) is 20.8 Å². The van der Waals surface area contributed by atoms with Gasteiger partial charge < -0.3 is 10.5 Å². The van der Waals surface area contributed by atoms with Gasteiger partial charge in [0.2, 0.25) is 10.0 Å². The second kappa shape index (κ2) is 4.91. The van der Waals surface area contributed by atoms with Crippen molar-refractivity contribution < 1.29 is 17.9 Å². The Bertz CT molecular complexity index is 318. The van der Waals surface area contributed by atoms with Crippen molar-refractivity contribution in [3.05, 3.63) is 0 Å². The molecule has 0 radical (unpaired) electrons. The number of rotatable bonds is 5. The molecule has 0 fully saturated rings. The molecular formula is C8H18N2O4S. The van der Waals surface area contributed by atoms with Crippen LogP contribution in [-0.2, 0) is 19.6 Å². The fourth-order valence-corrected chi connectivity index (χ4v) is 1.88. The third-order valence-electron chi connectivity index (χ3n) is 1.73. The lowest BCUT2D eigenvalue weighted by atomic mass is 10.1. The molecule has 0 saturated heterocycles. The quantitative estimate of drug-likeness (QED) is 0.611. The van der Waals surface area contributed by atoms with E-state index < -0.39 is 26.8 Å². The Morgan fingerprint density at radius 3 is 2.33 bits per heavy atom. The van der Waals surface area contributed by atoms with E-state index in [0.29, 0.717) is 0 Å². The standard InChI is InChI=1S/C8H18N2O4S/c1-6(7(11)14-4)15(12,13)10-5-8(2,3)9/h6,10H,5,9H2,1-4H3. The van der Waals surface area contributed by atoms with Gasteiger partial charge in [0.05, 0.1) is 7.11 Å². The summed E-state index contributed by atoms with van der Waals surface area (Å²) in [4.78, 5) is 11.0. The zero-order valence-corrected chi connectivity index (χ0v) is 10.2. The minimum atomic E-state index is -3.71. The highest BCUT2D eigenvalue weighted by atomic mass is 32.2. The zero-order valence-electron chi connectivity index (χ0n) is 9.40. The highest BCUT2D eigenvalue weighted by Gasteiger charge is 2.29. The summed E-state index contributed by atoms with van der Waals surface area (Å²) >= 11 is 0. The molecule has 0 saturated carbocycles. The van der Waals surface area contributed by atoms with Crippen molar-refractivity contribution in [2.45, 2.75) is 31.6 Å². The molecule has 90 valence electrons. The van der Waals surface area contributed by atoms with Gasteiger partial charge in [-0.15, -0.1) is 0 Å². The van der Waals surface area contributed by atoms with Crippen LogP contribution in [0, 0.1) is 0 Å². The Morgan fingerprint density at radius 1 is 1.53 bits per heavy atom. The molecule has 0 amide bonds. The minimum Gasteiger partial charge on any atom is -0.468 e. The van der Waals surface area contributed by atoms with Gasteiger partial charge in [-0.1, -0.05) is 0 Å². The second-order valence-electron chi connectivity index (χ2n) is 4.02. The van der Waals surface area contributed by atoms with E-state index in [4.69, 9.17) is 5.73 Å². The van der Waals surface area contributed by atoms with Crippen LogP contribution in [0.2, 0.25) is 0 Å². The lowest BCUT2D eigenvalue weighted by Crippen LogP contribution is -2.48. The van der Waals surface area contributed by atoms with Crippen LogP contribution >= 0.6 is 0 Å². The molecule has 0 aliphatic carbocycles. The first-order valence-electron chi connectivity index (χ1n) is 4.45. The van der Waals surface area contributed by atoms with E-state index in [9.17, 15) is 13.2 Å². The van der Waals surface area contributed by atoms with Crippen LogP contribution in [-0.4, -0.2) is 38.8 Å². The highest BCUT2D eigenvalue weighted by molar-refractivity contribution is 7.90. The summed E-state index contributed by atoms with van der Waals surface area (Å²) in [6.07, 6.45) is 0. The summed E-state index contributed by atoms with van der Waals surface area (Å²) in [7, 11) is -2.57. The second-order valence-corrected chi connectivity index (χ2v) is 6.11. The molecule has 0 aromatic rings. The van der Waals surface area contributed by atoms with Crippen molar-refractivity contribution in [3.63, 3.8) is 0 Å². The Hall–Kier alpha value is -0.660. The molecule has 0 aliphatic rings. The van der Waals surface area contributed by atoms with Gasteiger partial charge in [-0.2, -0.15) is 0 Å². The molecular weight excluding hydrogens is 220 g/mol. The first kappa shape index (κ1) is 14.3. The Kier molecular flexibility index (Phi) is 4.69. The van der Waals surface area contributed by atoms with Crippen molar-refractivity contribution in [1.82, 2.24) is 4.72 Å². The largest absolute Gasteiger partial charge is 0.468 e. The first-order valence-corrected chi connectivity index (χ1v) is 6.00. The summed E-state index contributed by atoms with van der Waals surface area (Å²) in [6, 6.07) is 0. The smallest absolute Gasteiger partial charge is 0.325 e. The van der Waals surface area contributed by atoms with Crippen molar-refractivity contribution in [2.75, 3.05) is 13.7 Å². The predicted molar refractivity (Wildman–Crippen MR) is 56.7 cm³/mol. The zero-order chi connectivity index (χ0) is 12.3. The number of hydrogen-bond acceptors (Lipinski definition) is 5. The number of methoxy groups -OCH3 is 1. The van der Waals surface area contributed by atoms with Crippen molar-refractivity contribution in [3.8, 4) is 0 Å². The molecule has 15 heavy (non-hydrogen) atoms. The molecule has 1 unspecified atom stereocenters. The number of sulfonamides is 1. The molecule has 0 spiro atoms. The van der Waals surface area contributed by atoms with Crippen LogP contribution < -0.4 is 10.5 Å². The molecule has 0 rings (SSSR count). The number of carbonyl (C=O) groups is 1. The van der Waals surface area contributed by atoms with Crippen molar-refractivity contribution >= 4 is 16.0 Å². The van der Waals surface area contributed by atoms with E-state index in [0.717, 1.165) is 7.11 Å². The third-order valence-corrected chi connectivity index (χ3v) is 3.40. The molecule has 6 nitrogen and oxygen atoms in total. The summed E-state index contributed by atoms with van der Waals surface area (Å²) in [5, 5.41) is -1.23. The average Bonchev–Trinajstić information content (AvgIpc) is 2.11. The van der Waals surface area contributed by atoms with E-state index in [1.807, 2.05) is 0 Å². The SMILES string of the molecule is COC(=O)C(C)S(=O)(=O)NCC(C)(C)N. The number of nitrogens with two attached hydrogens (primary N) is 1. The molecule has 7 heteroatoms. The number of esters is 1. The first-order chi connectivity index (χ1) is 6.60. The van der Waals surface area contributed by atoms with Crippen molar-refractivity contribution in [2.24, 2.45) is 5.73 Å². The molecule has 0 aromatic heterocycles. The van der Waals surface area contributed by atoms with E-state index >= 15 is 0 Å². The van der Waals surface area contributed by atoms with E-state index in [-0.39, 0.29) is 6.54 Å². The summed E-state index contributed by atoms with van der Waals surface area (Å²) < 4.78 is 29.6. The molecule has 0 heterocycles. The summed E-state index contributed by atoms with van der Waals surface area (Å²) in [5.41, 5.74) is 4.94. The van der Waals surface area contributed by atoms with Gasteiger partial charge in [-0.25, -0.2) is 13.1 Å². The molecule has 1 atom stereocenters. The maximum absolute atomic E-state index is 11.5. The fourth-order valence-electron chi connectivity index (χ4n) is 0.704. The number of carbonyl (C=O) groups excluding carboxylic acids is 1. The Labute approximate surface area is 90.2 Å². The van der Waals surface area contributed by atoms with Crippen LogP contribution in [0.4, 0.5) is 0 Å². The van der Waals surface area contributed by atoms with Gasteiger partial charge in [0, 0.05) is 12.1 Å². The van der Waals surface area contributed by atoms with Crippen LogP contribution in [0.25, 0.3) is 0 Å². The lowest BCUT2D eigenvalue weighted by molar-refractivity contribution is -0.139. The topological polar surface area (TPSA) is 98.5 Å². The molecule has 0 aromatic carbocycles. The average molecular weight is 238 g/mol. The maximum Gasteiger partial charge on any atom is 0.325 e. The Balaban J connectivity index is 4.51. The summed E-state index contributed by atoms with van der Waals surface area (Å²) in [5.74, 6) is -0.794. The van der Waals surface area contributed by atoms with Crippen LogP contribution in [0.5, 0.6) is 0 Å². The van der Waals surface area contributed by atoms with Gasteiger partial charge in [-0.3, -0.25) is 4.79 Å². The maximum atomic E-state index is 11.5. The monoisotopic (exact) mass is 238 g/mol. The number of nitrogens with one attached hydrogen (secondary N) is 1. The third kappa shape index (κ3) is 5.10. The van der Waals surface area contributed by atoms with Crippen LogP contribution in [0.3, 0.4) is 0 Å². The van der Waals surface area contributed by atoms with E-state index in [1.54, 1.807) is 13.8 Å². The molecule has 0 aliphatic heterocycles. The van der Waals surface area contributed by atoms with Gasteiger partial charge in [0.1, 0.15) is 0 Å². The lowest BCUT2D eigenvalue weighted by Gasteiger charge is -2.20. The van der Waals surface area contributed by atoms with Crippen LogP contribution in [0.15, 0.2) is 0 Å². The normalized spacial score (nSPS) is 14.7. The molecule has 3 N–H and O–H groups in total. The predicted octanol–water partition coefficient (Wildman–Crippen LogP) is -0.795. The van der Waals surface area contributed by atoms with Gasteiger partial charge in [0.15, 0.2) is 5.25 Å². The highest BCUT2D eigenvalue weighted by Crippen LogP contribution is 2.02. The summed E-state index contributed by atoms with van der Waals surface area (Å²) in [6.45, 7) is 4.69. The Morgan fingerprint density at radius 2 is 2.00 bits per heavy atom. The molecule has 0 bridgehead atoms.